The molecule has 20 heavy (non-hydrogen) atoms. The van der Waals surface area contributed by atoms with Crippen LogP contribution in [-0.4, -0.2) is 23.5 Å². The molecule has 4 nitrogen and oxygen atoms in total. The number of rotatable bonds is 5. The SMILES string of the molecule is CCN(C(C)=O)c1nc(CNC2C(C)(C)C2(C)C)cs1. The van der Waals surface area contributed by atoms with Crippen molar-refractivity contribution >= 4 is 22.4 Å². The first-order valence-electron chi connectivity index (χ1n) is 7.17. The summed E-state index contributed by atoms with van der Waals surface area (Å²) in [7, 11) is 0. The number of hydrogen-bond acceptors (Lipinski definition) is 4. The van der Waals surface area contributed by atoms with Gasteiger partial charge in [-0.3, -0.25) is 9.69 Å². The maximum absolute atomic E-state index is 11.5. The Morgan fingerprint density at radius 2 is 2.00 bits per heavy atom. The molecular formula is C15H25N3OS. The quantitative estimate of drug-likeness (QED) is 0.908. The summed E-state index contributed by atoms with van der Waals surface area (Å²) in [6.45, 7) is 14.2. The van der Waals surface area contributed by atoms with Gasteiger partial charge >= 0.3 is 0 Å². The van der Waals surface area contributed by atoms with Crippen molar-refractivity contribution in [3.63, 3.8) is 0 Å². The van der Waals surface area contributed by atoms with Gasteiger partial charge in [-0.2, -0.15) is 0 Å². The van der Waals surface area contributed by atoms with E-state index in [-0.39, 0.29) is 5.91 Å². The average molecular weight is 295 g/mol. The van der Waals surface area contributed by atoms with Crippen molar-refractivity contribution in [3.8, 4) is 0 Å². The maximum Gasteiger partial charge on any atom is 0.225 e. The molecule has 1 aliphatic carbocycles. The number of thiazole rings is 1. The molecule has 0 spiro atoms. The lowest BCUT2D eigenvalue weighted by atomic mass is 10.0. The molecular weight excluding hydrogens is 270 g/mol. The van der Waals surface area contributed by atoms with E-state index < -0.39 is 0 Å². The van der Waals surface area contributed by atoms with Crippen molar-refractivity contribution in [3.05, 3.63) is 11.1 Å². The van der Waals surface area contributed by atoms with E-state index in [2.05, 4.69) is 38.0 Å². The number of nitrogens with one attached hydrogen (secondary N) is 1. The van der Waals surface area contributed by atoms with E-state index >= 15 is 0 Å². The topological polar surface area (TPSA) is 45.2 Å². The van der Waals surface area contributed by atoms with E-state index in [1.807, 2.05) is 12.3 Å². The number of anilines is 1. The monoisotopic (exact) mass is 295 g/mol. The summed E-state index contributed by atoms with van der Waals surface area (Å²) < 4.78 is 0. The molecule has 1 aromatic rings. The van der Waals surface area contributed by atoms with Crippen LogP contribution < -0.4 is 10.2 Å². The second-order valence-electron chi connectivity index (χ2n) is 6.64. The van der Waals surface area contributed by atoms with Crippen molar-refractivity contribution in [2.45, 2.75) is 54.1 Å². The Bertz CT molecular complexity index is 493. The van der Waals surface area contributed by atoms with Crippen molar-refractivity contribution < 1.29 is 4.79 Å². The number of aromatic nitrogens is 1. The largest absolute Gasteiger partial charge is 0.307 e. The van der Waals surface area contributed by atoms with Crippen molar-refractivity contribution in [1.29, 1.82) is 0 Å². The normalized spacial score (nSPS) is 19.9. The van der Waals surface area contributed by atoms with E-state index in [9.17, 15) is 4.79 Å². The van der Waals surface area contributed by atoms with E-state index in [1.165, 1.54) is 11.3 Å². The third-order valence-electron chi connectivity index (χ3n) is 4.97. The van der Waals surface area contributed by atoms with Crippen LogP contribution in [0.3, 0.4) is 0 Å². The molecule has 1 saturated carbocycles. The highest BCUT2D eigenvalue weighted by Crippen LogP contribution is 2.62. The van der Waals surface area contributed by atoms with Gasteiger partial charge in [-0.05, 0) is 17.8 Å². The minimum absolute atomic E-state index is 0.0471. The fourth-order valence-electron chi connectivity index (χ4n) is 2.91. The zero-order chi connectivity index (χ0) is 15.1. The fourth-order valence-corrected chi connectivity index (χ4v) is 3.84. The van der Waals surface area contributed by atoms with Crippen LogP contribution in [0.1, 0.15) is 47.2 Å². The van der Waals surface area contributed by atoms with Gasteiger partial charge in [0.15, 0.2) is 5.13 Å². The summed E-state index contributed by atoms with van der Waals surface area (Å²) in [5.41, 5.74) is 1.68. The molecule has 1 amide bonds. The molecule has 5 heteroatoms. The molecule has 2 rings (SSSR count). The smallest absolute Gasteiger partial charge is 0.225 e. The van der Waals surface area contributed by atoms with Gasteiger partial charge in [-0.1, -0.05) is 27.7 Å². The Hall–Kier alpha value is -0.940. The van der Waals surface area contributed by atoms with Crippen LogP contribution in [0.4, 0.5) is 5.13 Å². The molecule has 1 heterocycles. The molecule has 0 saturated heterocycles. The molecule has 0 aliphatic heterocycles. The van der Waals surface area contributed by atoms with Gasteiger partial charge in [0.25, 0.3) is 0 Å². The minimum Gasteiger partial charge on any atom is -0.307 e. The predicted molar refractivity (Wildman–Crippen MR) is 84.0 cm³/mol. The van der Waals surface area contributed by atoms with E-state index in [1.54, 1.807) is 11.8 Å². The van der Waals surface area contributed by atoms with E-state index in [0.717, 1.165) is 17.4 Å². The van der Waals surface area contributed by atoms with Gasteiger partial charge in [0.2, 0.25) is 5.91 Å². The van der Waals surface area contributed by atoms with E-state index in [0.29, 0.717) is 23.4 Å². The van der Waals surface area contributed by atoms with Crippen molar-refractivity contribution in [1.82, 2.24) is 10.3 Å². The Balaban J connectivity index is 1.96. The predicted octanol–water partition coefficient (Wildman–Crippen LogP) is 3.04. The molecule has 1 aliphatic rings. The van der Waals surface area contributed by atoms with Crippen LogP contribution >= 0.6 is 11.3 Å². The van der Waals surface area contributed by atoms with Gasteiger partial charge < -0.3 is 5.32 Å². The van der Waals surface area contributed by atoms with Gasteiger partial charge in [-0.25, -0.2) is 4.98 Å². The summed E-state index contributed by atoms with van der Waals surface area (Å²) in [6.07, 6.45) is 0. The highest BCUT2D eigenvalue weighted by Gasteiger charge is 2.64. The Kier molecular flexibility index (Phi) is 3.95. The average Bonchev–Trinajstić information content (AvgIpc) is 2.70. The van der Waals surface area contributed by atoms with Crippen LogP contribution in [0.25, 0.3) is 0 Å². The van der Waals surface area contributed by atoms with Gasteiger partial charge in [-0.15, -0.1) is 11.3 Å². The van der Waals surface area contributed by atoms with Gasteiger partial charge in [0.1, 0.15) is 0 Å². The molecule has 112 valence electrons. The summed E-state index contributed by atoms with van der Waals surface area (Å²) in [5, 5.41) is 6.43. The number of hydrogen-bond donors (Lipinski definition) is 1. The maximum atomic E-state index is 11.5. The Morgan fingerprint density at radius 3 is 2.45 bits per heavy atom. The Morgan fingerprint density at radius 1 is 1.40 bits per heavy atom. The first-order valence-corrected chi connectivity index (χ1v) is 8.05. The highest BCUT2D eigenvalue weighted by molar-refractivity contribution is 7.14. The lowest BCUT2D eigenvalue weighted by Crippen LogP contribution is -2.28. The molecule has 0 unspecified atom stereocenters. The molecule has 1 fully saturated rings. The Labute approximate surface area is 125 Å². The summed E-state index contributed by atoms with van der Waals surface area (Å²) in [6, 6.07) is 0.523. The molecule has 1 N–H and O–H groups in total. The summed E-state index contributed by atoms with van der Waals surface area (Å²) in [5.74, 6) is 0.0471. The first-order chi connectivity index (χ1) is 9.21. The number of carbonyl (C=O) groups excluding carboxylic acids is 1. The van der Waals surface area contributed by atoms with Crippen LogP contribution in [0, 0.1) is 10.8 Å². The standard InChI is InChI=1S/C15H25N3OS/c1-7-18(10(2)19)13-17-11(9-20-13)8-16-12-14(3,4)15(12,5)6/h9,12,16H,7-8H2,1-6H3. The molecule has 0 atom stereocenters. The minimum atomic E-state index is 0.0471. The van der Waals surface area contributed by atoms with E-state index in [4.69, 9.17) is 0 Å². The summed E-state index contributed by atoms with van der Waals surface area (Å²) in [4.78, 5) is 17.8. The molecule has 1 aromatic heterocycles. The zero-order valence-corrected chi connectivity index (χ0v) is 14.1. The fraction of sp³-hybridized carbons (Fsp3) is 0.733. The molecule has 0 radical (unpaired) electrons. The van der Waals surface area contributed by atoms with Crippen LogP contribution in [-0.2, 0) is 11.3 Å². The van der Waals surface area contributed by atoms with Crippen LogP contribution in [0.5, 0.6) is 0 Å². The number of carbonyl (C=O) groups is 1. The van der Waals surface area contributed by atoms with Crippen LogP contribution in [0.15, 0.2) is 5.38 Å². The molecule has 0 bridgehead atoms. The second-order valence-corrected chi connectivity index (χ2v) is 7.48. The first kappa shape index (κ1) is 15.4. The van der Waals surface area contributed by atoms with Gasteiger partial charge in [0.05, 0.1) is 5.69 Å². The molecule has 0 aromatic carbocycles. The van der Waals surface area contributed by atoms with Gasteiger partial charge in [0, 0.05) is 31.4 Å². The third kappa shape index (κ3) is 2.49. The number of amides is 1. The number of nitrogens with zero attached hydrogens (tertiary/aromatic N) is 2. The third-order valence-corrected chi connectivity index (χ3v) is 5.89. The lowest BCUT2D eigenvalue weighted by molar-refractivity contribution is -0.116. The zero-order valence-electron chi connectivity index (χ0n) is 13.3. The van der Waals surface area contributed by atoms with Crippen molar-refractivity contribution in [2.75, 3.05) is 11.4 Å². The van der Waals surface area contributed by atoms with Crippen LogP contribution in [0.2, 0.25) is 0 Å². The van der Waals surface area contributed by atoms with Crippen molar-refractivity contribution in [2.24, 2.45) is 10.8 Å². The summed E-state index contributed by atoms with van der Waals surface area (Å²) >= 11 is 1.54. The second kappa shape index (κ2) is 5.11. The highest BCUT2D eigenvalue weighted by atomic mass is 32.1. The lowest BCUT2D eigenvalue weighted by Gasteiger charge is -2.14.